The Morgan fingerprint density at radius 3 is 2.00 bits per heavy atom. The maximum absolute atomic E-state index is 5.93. The maximum atomic E-state index is 5.93. The van der Waals surface area contributed by atoms with Crippen molar-refractivity contribution in [3.8, 4) is 0 Å². The zero-order valence-electron chi connectivity index (χ0n) is 9.04. The Morgan fingerprint density at radius 1 is 1.07 bits per heavy atom. The predicted molar refractivity (Wildman–Crippen MR) is 58.1 cm³/mol. The molecule has 2 bridgehead atoms. The Bertz CT molecular complexity index is 197. The topological polar surface area (TPSA) is 29.3 Å². The van der Waals surface area contributed by atoms with E-state index < -0.39 is 0 Å². The zero-order chi connectivity index (χ0) is 9.60. The van der Waals surface area contributed by atoms with Crippen molar-refractivity contribution in [2.24, 2.45) is 11.1 Å². The lowest BCUT2D eigenvalue weighted by Crippen LogP contribution is -2.48. The maximum Gasteiger partial charge on any atom is 0.00995 e. The highest BCUT2D eigenvalue weighted by molar-refractivity contribution is 5.00. The fraction of sp³-hybridized carbons (Fsp3) is 1.00. The van der Waals surface area contributed by atoms with Crippen molar-refractivity contribution in [2.75, 3.05) is 13.1 Å². The summed E-state index contributed by atoms with van der Waals surface area (Å²) in [6.45, 7) is 2.24. The van der Waals surface area contributed by atoms with Gasteiger partial charge in [0.05, 0.1) is 0 Å². The van der Waals surface area contributed by atoms with Gasteiger partial charge in [-0.3, -0.25) is 4.90 Å². The van der Waals surface area contributed by atoms with E-state index in [9.17, 15) is 0 Å². The van der Waals surface area contributed by atoms with E-state index in [0.29, 0.717) is 5.41 Å². The van der Waals surface area contributed by atoms with Gasteiger partial charge in [0.2, 0.25) is 0 Å². The van der Waals surface area contributed by atoms with Crippen LogP contribution in [-0.4, -0.2) is 30.1 Å². The van der Waals surface area contributed by atoms with Crippen LogP contribution in [-0.2, 0) is 0 Å². The van der Waals surface area contributed by atoms with Gasteiger partial charge >= 0.3 is 0 Å². The molecule has 2 heteroatoms. The summed E-state index contributed by atoms with van der Waals surface area (Å²) in [5.41, 5.74) is 6.46. The third kappa shape index (κ3) is 1.24. The van der Waals surface area contributed by atoms with Crippen LogP contribution in [0.5, 0.6) is 0 Å². The molecule has 80 valence electrons. The molecule has 14 heavy (non-hydrogen) atoms. The number of hydrogen-bond donors (Lipinski definition) is 1. The third-order valence-corrected chi connectivity index (χ3v) is 4.97. The van der Waals surface area contributed by atoms with E-state index >= 15 is 0 Å². The third-order valence-electron chi connectivity index (χ3n) is 4.97. The molecule has 3 aliphatic rings. The second-order valence-corrected chi connectivity index (χ2v) is 5.69. The summed E-state index contributed by atoms with van der Waals surface area (Å²) >= 11 is 0. The lowest BCUT2D eigenvalue weighted by molar-refractivity contribution is 0.0661. The molecule has 2 nitrogen and oxygen atoms in total. The number of nitrogens with zero attached hydrogens (tertiary/aromatic N) is 1. The summed E-state index contributed by atoms with van der Waals surface area (Å²) in [6.07, 6.45) is 10.0. The van der Waals surface area contributed by atoms with Gasteiger partial charge in [-0.2, -0.15) is 0 Å². The summed E-state index contributed by atoms with van der Waals surface area (Å²) in [7, 11) is 0. The fourth-order valence-corrected chi connectivity index (χ4v) is 3.77. The van der Waals surface area contributed by atoms with E-state index in [-0.39, 0.29) is 0 Å². The van der Waals surface area contributed by atoms with Gasteiger partial charge < -0.3 is 5.73 Å². The molecule has 0 aromatic heterocycles. The van der Waals surface area contributed by atoms with Gasteiger partial charge in [-0.05, 0) is 50.5 Å². The van der Waals surface area contributed by atoms with Crippen molar-refractivity contribution in [1.82, 2.24) is 4.90 Å². The van der Waals surface area contributed by atoms with E-state index in [2.05, 4.69) is 4.90 Å². The molecule has 0 spiro atoms. The van der Waals surface area contributed by atoms with Crippen LogP contribution in [0, 0.1) is 5.41 Å². The van der Waals surface area contributed by atoms with Crippen molar-refractivity contribution >= 4 is 0 Å². The summed E-state index contributed by atoms with van der Waals surface area (Å²) in [6, 6.07) is 1.87. The molecule has 2 saturated heterocycles. The van der Waals surface area contributed by atoms with Crippen molar-refractivity contribution in [3.63, 3.8) is 0 Å². The van der Waals surface area contributed by atoms with Crippen LogP contribution in [0.1, 0.15) is 44.9 Å². The highest BCUT2D eigenvalue weighted by atomic mass is 15.2. The van der Waals surface area contributed by atoms with Gasteiger partial charge in [-0.25, -0.2) is 0 Å². The fourth-order valence-electron chi connectivity index (χ4n) is 3.77. The van der Waals surface area contributed by atoms with Crippen LogP contribution in [0.2, 0.25) is 0 Å². The highest BCUT2D eigenvalue weighted by Crippen LogP contribution is 2.45. The molecule has 2 aliphatic heterocycles. The summed E-state index contributed by atoms with van der Waals surface area (Å²) in [4.78, 5) is 2.80. The monoisotopic (exact) mass is 194 g/mol. The molecular formula is C12H22N2. The van der Waals surface area contributed by atoms with Crippen molar-refractivity contribution in [1.29, 1.82) is 0 Å². The number of fused-ring (bicyclic) bond motifs is 2. The molecule has 0 aromatic rings. The van der Waals surface area contributed by atoms with Crippen LogP contribution in [0.3, 0.4) is 0 Å². The minimum Gasteiger partial charge on any atom is -0.330 e. The van der Waals surface area contributed by atoms with Gasteiger partial charge in [0.25, 0.3) is 0 Å². The largest absolute Gasteiger partial charge is 0.330 e. The first-order valence-corrected chi connectivity index (χ1v) is 6.29. The van der Waals surface area contributed by atoms with Gasteiger partial charge in [0, 0.05) is 18.6 Å². The smallest absolute Gasteiger partial charge is 0.00995 e. The van der Waals surface area contributed by atoms with Crippen molar-refractivity contribution in [2.45, 2.75) is 57.0 Å². The van der Waals surface area contributed by atoms with Crippen LogP contribution in [0.4, 0.5) is 0 Å². The summed E-state index contributed by atoms with van der Waals surface area (Å²) in [5, 5.41) is 0. The Kier molecular flexibility index (Phi) is 2.10. The Morgan fingerprint density at radius 2 is 1.64 bits per heavy atom. The first-order valence-electron chi connectivity index (χ1n) is 6.29. The molecular weight excluding hydrogens is 172 g/mol. The minimum absolute atomic E-state index is 0.533. The molecule has 0 radical (unpaired) electrons. The Hall–Kier alpha value is -0.0800. The number of rotatable bonds is 3. The van der Waals surface area contributed by atoms with E-state index in [1.807, 2.05) is 0 Å². The quantitative estimate of drug-likeness (QED) is 0.741. The van der Waals surface area contributed by atoms with Crippen molar-refractivity contribution < 1.29 is 0 Å². The van der Waals surface area contributed by atoms with Gasteiger partial charge in [0.1, 0.15) is 0 Å². The molecule has 0 aromatic carbocycles. The van der Waals surface area contributed by atoms with E-state index in [0.717, 1.165) is 18.6 Å². The van der Waals surface area contributed by atoms with Crippen LogP contribution in [0.15, 0.2) is 0 Å². The molecule has 0 amide bonds. The molecule has 3 fully saturated rings. The van der Waals surface area contributed by atoms with Gasteiger partial charge in [-0.15, -0.1) is 0 Å². The van der Waals surface area contributed by atoms with Crippen molar-refractivity contribution in [3.05, 3.63) is 0 Å². The molecule has 2 heterocycles. The first kappa shape index (κ1) is 9.17. The standard InChI is InChI=1S/C12H22N2/c13-8-12(6-1-7-12)9-14-10-2-3-11(14)5-4-10/h10-11H,1-9,13H2. The van der Waals surface area contributed by atoms with Crippen LogP contribution in [0.25, 0.3) is 0 Å². The lowest BCUT2D eigenvalue weighted by atomic mass is 9.68. The number of nitrogens with two attached hydrogens (primary N) is 1. The SMILES string of the molecule is NCC1(CN2C3CCC2CC3)CCC1. The molecule has 0 atom stereocenters. The van der Waals surface area contributed by atoms with Gasteiger partial charge in [-0.1, -0.05) is 6.42 Å². The molecule has 1 aliphatic carbocycles. The molecule has 0 unspecified atom stereocenters. The van der Waals surface area contributed by atoms with E-state index in [4.69, 9.17) is 5.73 Å². The van der Waals surface area contributed by atoms with E-state index in [1.165, 1.54) is 51.5 Å². The lowest BCUT2D eigenvalue weighted by Gasteiger charge is -2.44. The average Bonchev–Trinajstić information content (AvgIpc) is 2.70. The second-order valence-electron chi connectivity index (χ2n) is 5.69. The molecule has 1 saturated carbocycles. The summed E-state index contributed by atoms with van der Waals surface area (Å²) in [5.74, 6) is 0. The Labute approximate surface area is 86.8 Å². The first-order chi connectivity index (χ1) is 6.83. The molecule has 2 N–H and O–H groups in total. The van der Waals surface area contributed by atoms with Crippen LogP contribution < -0.4 is 5.73 Å². The zero-order valence-corrected chi connectivity index (χ0v) is 9.04. The van der Waals surface area contributed by atoms with Gasteiger partial charge in [0.15, 0.2) is 0 Å². The van der Waals surface area contributed by atoms with Crippen LogP contribution >= 0.6 is 0 Å². The minimum atomic E-state index is 0.533. The predicted octanol–water partition coefficient (Wildman–Crippen LogP) is 1.74. The molecule has 3 rings (SSSR count). The normalized spacial score (nSPS) is 40.1. The average molecular weight is 194 g/mol. The second kappa shape index (κ2) is 3.21. The Balaban J connectivity index is 1.66. The van der Waals surface area contributed by atoms with E-state index in [1.54, 1.807) is 0 Å². The number of hydrogen-bond acceptors (Lipinski definition) is 2. The summed E-state index contributed by atoms with van der Waals surface area (Å²) < 4.78 is 0. The highest BCUT2D eigenvalue weighted by Gasteiger charge is 2.45.